The molecule has 1 N–H and O–H groups in total. The maximum atomic E-state index is 12.8. The van der Waals surface area contributed by atoms with Crippen LogP contribution in [-0.2, 0) is 16.1 Å². The molecule has 1 aliphatic rings. The second kappa shape index (κ2) is 8.66. The highest BCUT2D eigenvalue weighted by atomic mass is 32.1. The van der Waals surface area contributed by atoms with Gasteiger partial charge in [-0.3, -0.25) is 9.59 Å². The van der Waals surface area contributed by atoms with Crippen molar-refractivity contribution in [3.8, 4) is 10.4 Å². The van der Waals surface area contributed by atoms with E-state index in [0.717, 1.165) is 23.2 Å². The Labute approximate surface area is 177 Å². The summed E-state index contributed by atoms with van der Waals surface area (Å²) in [5, 5.41) is 3.03. The molecule has 2 atom stereocenters. The molecular weight excluding hydrogens is 382 g/mol. The smallest absolute Gasteiger partial charge is 0.243 e. The number of thiazole rings is 1. The molecule has 1 aliphatic heterocycles. The lowest BCUT2D eigenvalue weighted by Gasteiger charge is -2.27. The summed E-state index contributed by atoms with van der Waals surface area (Å²) in [4.78, 5) is 32.8. The Kier molecular flexibility index (Phi) is 6.42. The SMILES string of the molecule is Cc1ncsc1-c1ccc(CNC(=O)[C@@H]2C[C@@H](C)CN2C(=O)CC(C)(C)C)cc1. The van der Waals surface area contributed by atoms with E-state index >= 15 is 0 Å². The minimum atomic E-state index is -0.362. The zero-order chi connectivity index (χ0) is 21.2. The summed E-state index contributed by atoms with van der Waals surface area (Å²) in [7, 11) is 0. The molecule has 29 heavy (non-hydrogen) atoms. The molecule has 2 aromatic rings. The maximum Gasteiger partial charge on any atom is 0.243 e. The van der Waals surface area contributed by atoms with Crippen molar-refractivity contribution in [3.63, 3.8) is 0 Å². The van der Waals surface area contributed by atoms with Crippen LogP contribution in [0.25, 0.3) is 10.4 Å². The molecule has 0 spiro atoms. The summed E-state index contributed by atoms with van der Waals surface area (Å²) in [6, 6.07) is 7.85. The van der Waals surface area contributed by atoms with E-state index in [-0.39, 0.29) is 23.3 Å². The molecule has 1 aromatic heterocycles. The Morgan fingerprint density at radius 1 is 1.24 bits per heavy atom. The van der Waals surface area contributed by atoms with E-state index in [1.807, 2.05) is 24.6 Å². The fourth-order valence-corrected chi connectivity index (χ4v) is 4.60. The monoisotopic (exact) mass is 413 g/mol. The van der Waals surface area contributed by atoms with Crippen LogP contribution in [0, 0.1) is 18.3 Å². The number of benzene rings is 1. The summed E-state index contributed by atoms with van der Waals surface area (Å²) < 4.78 is 0. The Hall–Kier alpha value is -2.21. The molecule has 3 rings (SSSR count). The number of amides is 2. The highest BCUT2D eigenvalue weighted by molar-refractivity contribution is 7.13. The minimum absolute atomic E-state index is 0.0565. The van der Waals surface area contributed by atoms with Crippen molar-refractivity contribution in [2.75, 3.05) is 6.54 Å². The first kappa shape index (κ1) is 21.5. The van der Waals surface area contributed by atoms with Crippen LogP contribution in [0.3, 0.4) is 0 Å². The number of hydrogen-bond donors (Lipinski definition) is 1. The first-order valence-corrected chi connectivity index (χ1v) is 11.1. The van der Waals surface area contributed by atoms with E-state index in [1.165, 1.54) is 4.88 Å². The van der Waals surface area contributed by atoms with Gasteiger partial charge in [-0.05, 0) is 35.8 Å². The molecule has 0 radical (unpaired) electrons. The van der Waals surface area contributed by atoms with Gasteiger partial charge in [0.25, 0.3) is 0 Å². The van der Waals surface area contributed by atoms with Gasteiger partial charge in [-0.25, -0.2) is 4.98 Å². The van der Waals surface area contributed by atoms with Crippen LogP contribution in [0.15, 0.2) is 29.8 Å². The third kappa shape index (κ3) is 5.44. The van der Waals surface area contributed by atoms with Crippen LogP contribution < -0.4 is 5.32 Å². The fourth-order valence-electron chi connectivity index (χ4n) is 3.79. The number of nitrogens with zero attached hydrogens (tertiary/aromatic N) is 2. The van der Waals surface area contributed by atoms with Crippen LogP contribution in [0.5, 0.6) is 0 Å². The predicted molar refractivity (Wildman–Crippen MR) is 117 cm³/mol. The van der Waals surface area contributed by atoms with Crippen LogP contribution in [0.2, 0.25) is 0 Å². The fraction of sp³-hybridized carbons (Fsp3) is 0.522. The third-order valence-corrected chi connectivity index (χ3v) is 6.22. The Morgan fingerprint density at radius 2 is 1.93 bits per heavy atom. The zero-order valence-electron chi connectivity index (χ0n) is 18.0. The van der Waals surface area contributed by atoms with Gasteiger partial charge in [-0.15, -0.1) is 11.3 Å². The van der Waals surface area contributed by atoms with Crippen LogP contribution in [-0.4, -0.2) is 34.3 Å². The molecule has 0 bridgehead atoms. The highest BCUT2D eigenvalue weighted by Crippen LogP contribution is 2.29. The molecule has 1 saturated heterocycles. The first-order valence-electron chi connectivity index (χ1n) is 10.2. The van der Waals surface area contributed by atoms with E-state index in [9.17, 15) is 9.59 Å². The van der Waals surface area contributed by atoms with Crippen molar-refractivity contribution in [1.29, 1.82) is 0 Å². The van der Waals surface area contributed by atoms with E-state index in [1.54, 1.807) is 16.2 Å². The Balaban J connectivity index is 1.60. The Bertz CT molecular complexity index is 867. The van der Waals surface area contributed by atoms with Gasteiger partial charge in [0.1, 0.15) is 6.04 Å². The standard InChI is InChI=1S/C23H31N3O2S/c1-15-10-19(26(13-15)20(27)11-23(3,4)5)22(28)24-12-17-6-8-18(9-7-17)21-16(2)25-14-29-21/h6-9,14-15,19H,10-13H2,1-5H3,(H,24,28)/t15-,19+/m1/s1. The minimum Gasteiger partial charge on any atom is -0.350 e. The normalized spacial score (nSPS) is 19.4. The molecule has 2 amide bonds. The maximum absolute atomic E-state index is 12.8. The van der Waals surface area contributed by atoms with Gasteiger partial charge < -0.3 is 10.2 Å². The quantitative estimate of drug-likeness (QED) is 0.790. The van der Waals surface area contributed by atoms with Crippen molar-refractivity contribution in [2.45, 2.75) is 60.0 Å². The largest absolute Gasteiger partial charge is 0.350 e. The van der Waals surface area contributed by atoms with Gasteiger partial charge in [-0.1, -0.05) is 52.0 Å². The second-order valence-electron chi connectivity index (χ2n) is 9.32. The summed E-state index contributed by atoms with van der Waals surface area (Å²) in [5.41, 5.74) is 4.99. The lowest BCUT2D eigenvalue weighted by molar-refractivity contribution is -0.139. The lowest BCUT2D eigenvalue weighted by atomic mass is 9.91. The van der Waals surface area contributed by atoms with Crippen molar-refractivity contribution >= 4 is 23.2 Å². The average Bonchev–Trinajstić information content (AvgIpc) is 3.24. The third-order valence-electron chi connectivity index (χ3n) is 5.24. The summed E-state index contributed by atoms with van der Waals surface area (Å²) in [6.45, 7) is 11.4. The summed E-state index contributed by atoms with van der Waals surface area (Å²) in [6.07, 6.45) is 1.19. The van der Waals surface area contributed by atoms with E-state index < -0.39 is 0 Å². The van der Waals surface area contributed by atoms with E-state index in [2.05, 4.69) is 50.1 Å². The lowest BCUT2D eigenvalue weighted by Crippen LogP contribution is -2.46. The predicted octanol–water partition coefficient (Wildman–Crippen LogP) is 4.41. The van der Waals surface area contributed by atoms with Crippen molar-refractivity contribution in [3.05, 3.63) is 41.0 Å². The molecule has 0 saturated carbocycles. The van der Waals surface area contributed by atoms with Crippen LogP contribution in [0.4, 0.5) is 0 Å². The van der Waals surface area contributed by atoms with Gasteiger partial charge in [-0.2, -0.15) is 0 Å². The van der Waals surface area contributed by atoms with Gasteiger partial charge >= 0.3 is 0 Å². The Morgan fingerprint density at radius 3 is 2.52 bits per heavy atom. The van der Waals surface area contributed by atoms with Crippen LogP contribution in [0.1, 0.15) is 51.8 Å². The molecule has 0 aliphatic carbocycles. The van der Waals surface area contributed by atoms with Gasteiger partial charge in [0, 0.05) is 19.5 Å². The number of likely N-dealkylation sites (tertiary alicyclic amines) is 1. The summed E-state index contributed by atoms with van der Waals surface area (Å²) >= 11 is 1.63. The number of aryl methyl sites for hydroxylation is 1. The summed E-state index contributed by atoms with van der Waals surface area (Å²) in [5.74, 6) is 0.363. The van der Waals surface area contributed by atoms with Crippen LogP contribution >= 0.6 is 11.3 Å². The van der Waals surface area contributed by atoms with Crippen molar-refractivity contribution < 1.29 is 9.59 Å². The number of nitrogens with one attached hydrogen (secondary N) is 1. The molecule has 1 aromatic carbocycles. The average molecular weight is 414 g/mol. The van der Waals surface area contributed by atoms with Crippen molar-refractivity contribution in [1.82, 2.24) is 15.2 Å². The molecular formula is C23H31N3O2S. The zero-order valence-corrected chi connectivity index (χ0v) is 18.8. The molecule has 2 heterocycles. The molecule has 6 heteroatoms. The number of hydrogen-bond acceptors (Lipinski definition) is 4. The van der Waals surface area contributed by atoms with Crippen molar-refractivity contribution in [2.24, 2.45) is 11.3 Å². The number of carbonyl (C=O) groups excluding carboxylic acids is 2. The van der Waals surface area contributed by atoms with Gasteiger partial charge in [0.15, 0.2) is 0 Å². The van der Waals surface area contributed by atoms with E-state index in [4.69, 9.17) is 0 Å². The number of rotatable bonds is 5. The van der Waals surface area contributed by atoms with Gasteiger partial charge in [0.2, 0.25) is 11.8 Å². The van der Waals surface area contributed by atoms with E-state index in [0.29, 0.717) is 25.4 Å². The second-order valence-corrected chi connectivity index (χ2v) is 10.2. The highest BCUT2D eigenvalue weighted by Gasteiger charge is 2.38. The molecule has 1 fully saturated rings. The molecule has 0 unspecified atom stereocenters. The number of aromatic nitrogens is 1. The number of carbonyl (C=O) groups is 2. The first-order chi connectivity index (χ1) is 13.6. The topological polar surface area (TPSA) is 62.3 Å². The van der Waals surface area contributed by atoms with Gasteiger partial charge in [0.05, 0.1) is 16.1 Å². The molecule has 5 nitrogen and oxygen atoms in total. The molecule has 156 valence electrons.